The molecular weight excluding hydrogens is 255 g/mol. The molecule has 1 aliphatic rings. The molecule has 0 fully saturated rings. The number of hydrogen-bond acceptors (Lipinski definition) is 0. The van der Waals surface area contributed by atoms with Crippen LogP contribution >= 0.6 is 15.9 Å². The zero-order valence-corrected chi connectivity index (χ0v) is 9.62. The van der Waals surface area contributed by atoms with Gasteiger partial charge in [0.2, 0.25) is 0 Å². The van der Waals surface area contributed by atoms with Crippen molar-refractivity contribution in [1.82, 2.24) is 0 Å². The Hall–Kier alpha value is 0.739. The first-order valence-electron chi connectivity index (χ1n) is 3.85. The molecule has 0 aromatic heterocycles. The molecule has 0 aliphatic carbocycles. The molecule has 58 valence electrons. The topological polar surface area (TPSA) is 0 Å². The van der Waals surface area contributed by atoms with E-state index in [0.717, 1.165) is 15.0 Å². The molecule has 10 heavy (non-hydrogen) atoms. The van der Waals surface area contributed by atoms with Gasteiger partial charge in [0.1, 0.15) is 0 Å². The van der Waals surface area contributed by atoms with Gasteiger partial charge in [-0.15, -0.1) is 0 Å². The third-order valence-corrected chi connectivity index (χ3v) is 5.66. The summed E-state index contributed by atoms with van der Waals surface area (Å²) in [6.45, 7) is 2.26. The number of rotatable bonds is 3. The molecule has 1 rings (SSSR count). The van der Waals surface area contributed by atoms with Gasteiger partial charge in [-0.3, -0.25) is 0 Å². The number of halogens is 1. The molecule has 1 heterocycles. The van der Waals surface area contributed by atoms with Gasteiger partial charge in [-0.1, -0.05) is 0 Å². The summed E-state index contributed by atoms with van der Waals surface area (Å²) in [5.74, 6) is 0. The van der Waals surface area contributed by atoms with Crippen LogP contribution in [0.4, 0.5) is 0 Å². The van der Waals surface area contributed by atoms with Crippen LogP contribution in [0, 0.1) is 0 Å². The second-order valence-electron chi connectivity index (χ2n) is 2.53. The van der Waals surface area contributed by atoms with E-state index in [-0.39, 0.29) is 0 Å². The predicted octanol–water partition coefficient (Wildman–Crippen LogP) is 3.31. The van der Waals surface area contributed by atoms with Crippen molar-refractivity contribution in [3.05, 3.63) is 8.95 Å². The number of allylic oxidation sites excluding steroid dienone is 2. The molecule has 1 aliphatic heterocycles. The van der Waals surface area contributed by atoms with Crippen LogP contribution in [0.2, 0.25) is 5.32 Å². The first kappa shape index (κ1) is 8.83. The summed E-state index contributed by atoms with van der Waals surface area (Å²) in [7, 11) is 0. The van der Waals surface area contributed by atoms with E-state index in [1.807, 2.05) is 0 Å². The molecule has 0 saturated carbocycles. The minimum atomic E-state index is 0.841. The second-order valence-corrected chi connectivity index (χ2v) is 5.98. The molecule has 0 nitrogen and oxygen atoms in total. The summed E-state index contributed by atoms with van der Waals surface area (Å²) in [6, 6.07) is 0. The van der Waals surface area contributed by atoms with Gasteiger partial charge < -0.3 is 0 Å². The fourth-order valence-electron chi connectivity index (χ4n) is 1.03. The quantitative estimate of drug-likeness (QED) is 0.689. The zero-order chi connectivity index (χ0) is 7.40. The standard InChI is InChI=1S/C8H13BrSe/c1-2-3-4-8-7(9)5-6-10-8/h2-6H2,1H3. The van der Waals surface area contributed by atoms with Crippen molar-refractivity contribution in [2.24, 2.45) is 0 Å². The normalized spacial score (nSPS) is 18.6. The Morgan fingerprint density at radius 3 is 2.90 bits per heavy atom. The van der Waals surface area contributed by atoms with E-state index in [2.05, 4.69) is 22.9 Å². The van der Waals surface area contributed by atoms with Gasteiger partial charge in [0.25, 0.3) is 0 Å². The molecule has 0 N–H and O–H groups in total. The Balaban J connectivity index is 2.31. The Morgan fingerprint density at radius 2 is 2.40 bits per heavy atom. The molecule has 0 unspecified atom stereocenters. The van der Waals surface area contributed by atoms with Gasteiger partial charge in [0.15, 0.2) is 0 Å². The summed E-state index contributed by atoms with van der Waals surface area (Å²) in [6.07, 6.45) is 5.39. The summed E-state index contributed by atoms with van der Waals surface area (Å²) in [5.41, 5.74) is 0. The molecule has 0 spiro atoms. The molecule has 0 aromatic rings. The molecule has 0 atom stereocenters. The van der Waals surface area contributed by atoms with E-state index < -0.39 is 0 Å². The van der Waals surface area contributed by atoms with E-state index in [9.17, 15) is 0 Å². The fourth-order valence-corrected chi connectivity index (χ4v) is 4.92. The van der Waals surface area contributed by atoms with Gasteiger partial charge in [0, 0.05) is 0 Å². The summed E-state index contributed by atoms with van der Waals surface area (Å²) in [4.78, 5) is 0. The van der Waals surface area contributed by atoms with E-state index in [1.54, 1.807) is 4.47 Å². The van der Waals surface area contributed by atoms with E-state index in [4.69, 9.17) is 0 Å². The molecule has 0 bridgehead atoms. The van der Waals surface area contributed by atoms with Crippen molar-refractivity contribution in [2.45, 2.75) is 37.9 Å². The van der Waals surface area contributed by atoms with E-state index >= 15 is 0 Å². The fraction of sp³-hybridized carbons (Fsp3) is 0.750. The van der Waals surface area contributed by atoms with Crippen LogP contribution in [0.5, 0.6) is 0 Å². The van der Waals surface area contributed by atoms with Crippen LogP contribution in [-0.2, 0) is 0 Å². The van der Waals surface area contributed by atoms with Crippen LogP contribution in [0.3, 0.4) is 0 Å². The van der Waals surface area contributed by atoms with Crippen LogP contribution in [0.15, 0.2) is 8.95 Å². The van der Waals surface area contributed by atoms with Crippen LogP contribution < -0.4 is 0 Å². The van der Waals surface area contributed by atoms with Gasteiger partial charge >= 0.3 is 77.8 Å². The average Bonchev–Trinajstić information content (AvgIpc) is 2.31. The first-order valence-corrected chi connectivity index (χ1v) is 6.71. The molecule has 0 aromatic carbocycles. The van der Waals surface area contributed by atoms with Crippen LogP contribution in [0.1, 0.15) is 32.6 Å². The number of hydrogen-bond donors (Lipinski definition) is 0. The first-order chi connectivity index (χ1) is 4.84. The Kier molecular flexibility index (Phi) is 4.05. The zero-order valence-electron chi connectivity index (χ0n) is 6.32. The minimum absolute atomic E-state index is 0.841. The monoisotopic (exact) mass is 268 g/mol. The van der Waals surface area contributed by atoms with Crippen molar-refractivity contribution in [2.75, 3.05) is 0 Å². The van der Waals surface area contributed by atoms with Crippen molar-refractivity contribution in [3.8, 4) is 0 Å². The molecule has 2 heteroatoms. The molecule has 0 saturated heterocycles. The Labute approximate surface area is 77.7 Å². The number of unbranched alkanes of at least 4 members (excludes halogenated alkanes) is 1. The van der Waals surface area contributed by atoms with Gasteiger partial charge in [-0.05, 0) is 0 Å². The maximum atomic E-state index is 3.63. The third kappa shape index (κ3) is 2.41. The van der Waals surface area contributed by atoms with Crippen molar-refractivity contribution in [1.29, 1.82) is 0 Å². The molecule has 0 amide bonds. The summed E-state index contributed by atoms with van der Waals surface area (Å²) >= 11 is 4.47. The van der Waals surface area contributed by atoms with Crippen molar-refractivity contribution < 1.29 is 0 Å². The SMILES string of the molecule is CCCCC1=C(Br)CC[Se]1. The summed E-state index contributed by atoms with van der Waals surface area (Å²) in [5, 5.41) is 1.44. The van der Waals surface area contributed by atoms with Crippen LogP contribution in [-0.4, -0.2) is 15.0 Å². The van der Waals surface area contributed by atoms with Crippen LogP contribution in [0.25, 0.3) is 0 Å². The van der Waals surface area contributed by atoms with Crippen molar-refractivity contribution in [3.63, 3.8) is 0 Å². The summed E-state index contributed by atoms with van der Waals surface area (Å²) < 4.78 is 3.27. The average molecular weight is 268 g/mol. The van der Waals surface area contributed by atoms with Gasteiger partial charge in [0.05, 0.1) is 0 Å². The van der Waals surface area contributed by atoms with Gasteiger partial charge in [-0.2, -0.15) is 0 Å². The molecule has 0 radical (unpaired) electrons. The second kappa shape index (κ2) is 4.58. The Morgan fingerprint density at radius 1 is 1.60 bits per heavy atom. The maximum absolute atomic E-state index is 3.63. The third-order valence-electron chi connectivity index (χ3n) is 1.66. The predicted molar refractivity (Wildman–Crippen MR) is 50.7 cm³/mol. The molecular formula is C8H13BrSe. The Bertz CT molecular complexity index is 140. The van der Waals surface area contributed by atoms with E-state index in [1.165, 1.54) is 35.5 Å². The van der Waals surface area contributed by atoms with Crippen molar-refractivity contribution >= 4 is 30.9 Å². The van der Waals surface area contributed by atoms with Gasteiger partial charge in [-0.25, -0.2) is 0 Å². The van der Waals surface area contributed by atoms with E-state index in [0.29, 0.717) is 0 Å².